The van der Waals surface area contributed by atoms with E-state index in [-0.39, 0.29) is 18.5 Å². The summed E-state index contributed by atoms with van der Waals surface area (Å²) in [5.41, 5.74) is 3.92. The summed E-state index contributed by atoms with van der Waals surface area (Å²) in [4.78, 5) is 24.2. The van der Waals surface area contributed by atoms with Crippen LogP contribution in [0, 0.1) is 6.92 Å². The smallest absolute Gasteiger partial charge is 0.249 e. The first-order valence-corrected chi connectivity index (χ1v) is 10.3. The van der Waals surface area contributed by atoms with E-state index in [0.29, 0.717) is 18.3 Å². The number of aryl methyl sites for hydroxylation is 1. The Bertz CT molecular complexity index is 1180. The number of rotatable bonds is 4. The number of aromatic nitrogens is 4. The van der Waals surface area contributed by atoms with Gasteiger partial charge in [0.25, 0.3) is 0 Å². The third kappa shape index (κ3) is 3.47. The molecule has 1 saturated heterocycles. The Morgan fingerprint density at radius 1 is 1.17 bits per heavy atom. The van der Waals surface area contributed by atoms with E-state index >= 15 is 0 Å². The van der Waals surface area contributed by atoms with Crippen molar-refractivity contribution in [1.82, 2.24) is 24.6 Å². The first kappa shape index (κ1) is 18.5. The van der Waals surface area contributed by atoms with Gasteiger partial charge in [0.15, 0.2) is 0 Å². The number of nitrogens with zero attached hydrogens (tertiary/aromatic N) is 5. The highest BCUT2D eigenvalue weighted by atomic mass is 16.5. The molecule has 3 heterocycles. The van der Waals surface area contributed by atoms with Gasteiger partial charge in [-0.05, 0) is 43.9 Å². The van der Waals surface area contributed by atoms with Crippen molar-refractivity contribution < 1.29 is 9.32 Å². The highest BCUT2D eigenvalue weighted by Crippen LogP contribution is 2.31. The minimum atomic E-state index is -0.187. The Balaban J connectivity index is 1.39. The van der Waals surface area contributed by atoms with E-state index in [0.717, 1.165) is 41.4 Å². The first-order valence-electron chi connectivity index (χ1n) is 10.3. The second-order valence-electron chi connectivity index (χ2n) is 7.79. The summed E-state index contributed by atoms with van der Waals surface area (Å²) in [5.74, 6) is 1.10. The molecule has 2 aromatic heterocycles. The molecule has 1 aliphatic heterocycles. The Morgan fingerprint density at radius 3 is 2.90 bits per heavy atom. The molecule has 7 heteroatoms. The van der Waals surface area contributed by atoms with Crippen molar-refractivity contribution in [2.45, 2.75) is 38.8 Å². The van der Waals surface area contributed by atoms with Gasteiger partial charge in [-0.25, -0.2) is 4.98 Å². The topological polar surface area (TPSA) is 77.1 Å². The second-order valence-corrected chi connectivity index (χ2v) is 7.79. The van der Waals surface area contributed by atoms with Gasteiger partial charge in [-0.3, -0.25) is 4.79 Å². The Hall–Kier alpha value is -3.48. The zero-order valence-corrected chi connectivity index (χ0v) is 16.9. The number of amides is 1. The van der Waals surface area contributed by atoms with Crippen molar-refractivity contribution in [3.8, 4) is 11.4 Å². The summed E-state index contributed by atoms with van der Waals surface area (Å²) >= 11 is 0. The van der Waals surface area contributed by atoms with Crippen LogP contribution in [0.1, 0.15) is 36.8 Å². The molecule has 1 unspecified atom stereocenters. The summed E-state index contributed by atoms with van der Waals surface area (Å²) in [7, 11) is 0. The normalized spacial score (nSPS) is 16.8. The largest absolute Gasteiger partial charge is 0.337 e. The number of piperidine rings is 1. The van der Waals surface area contributed by atoms with Crippen LogP contribution >= 0.6 is 0 Å². The lowest BCUT2D eigenvalue weighted by molar-refractivity contribution is -0.136. The second kappa shape index (κ2) is 7.74. The number of hydrogen-bond donors (Lipinski definition) is 0. The van der Waals surface area contributed by atoms with Gasteiger partial charge >= 0.3 is 0 Å². The SMILES string of the molecule is Cc1ccc2ncn(CC(=O)N3CCCCC3c3nc(-c4ccccc4)no3)c2c1. The van der Waals surface area contributed by atoms with E-state index in [4.69, 9.17) is 4.52 Å². The molecule has 1 atom stereocenters. The summed E-state index contributed by atoms with van der Waals surface area (Å²) in [6.07, 6.45) is 4.57. The van der Waals surface area contributed by atoms with E-state index in [2.05, 4.69) is 21.2 Å². The maximum absolute atomic E-state index is 13.2. The fourth-order valence-corrected chi connectivity index (χ4v) is 4.09. The fraction of sp³-hybridized carbons (Fsp3) is 0.304. The van der Waals surface area contributed by atoms with Crippen molar-refractivity contribution in [3.05, 3.63) is 66.3 Å². The van der Waals surface area contributed by atoms with Gasteiger partial charge in [0.2, 0.25) is 17.6 Å². The molecular weight excluding hydrogens is 378 g/mol. The maximum atomic E-state index is 13.2. The van der Waals surface area contributed by atoms with Crippen molar-refractivity contribution in [3.63, 3.8) is 0 Å². The molecule has 2 aromatic carbocycles. The number of carbonyl (C=O) groups is 1. The van der Waals surface area contributed by atoms with Crippen molar-refractivity contribution in [2.24, 2.45) is 0 Å². The number of imidazole rings is 1. The summed E-state index contributed by atoms with van der Waals surface area (Å²) in [6, 6.07) is 15.6. The lowest BCUT2D eigenvalue weighted by Crippen LogP contribution is -2.40. The molecule has 1 amide bonds. The minimum Gasteiger partial charge on any atom is -0.337 e. The van der Waals surface area contributed by atoms with Crippen molar-refractivity contribution >= 4 is 16.9 Å². The fourth-order valence-electron chi connectivity index (χ4n) is 4.09. The van der Waals surface area contributed by atoms with Gasteiger partial charge in [0.1, 0.15) is 12.6 Å². The number of fused-ring (bicyclic) bond motifs is 1. The highest BCUT2D eigenvalue weighted by molar-refractivity contribution is 5.81. The molecule has 4 aromatic rings. The summed E-state index contributed by atoms with van der Waals surface area (Å²) in [5, 5.41) is 4.14. The van der Waals surface area contributed by atoms with Crippen LogP contribution in [-0.2, 0) is 11.3 Å². The Labute approximate surface area is 174 Å². The number of hydrogen-bond acceptors (Lipinski definition) is 5. The van der Waals surface area contributed by atoms with Gasteiger partial charge in [0, 0.05) is 12.1 Å². The van der Waals surface area contributed by atoms with Crippen LogP contribution in [-0.4, -0.2) is 37.0 Å². The zero-order chi connectivity index (χ0) is 20.5. The standard InChI is InChI=1S/C23H23N5O2/c1-16-10-11-18-20(13-16)27(15-24-18)14-21(29)28-12-6-5-9-19(28)23-25-22(26-30-23)17-7-3-2-4-8-17/h2-4,7-8,10-11,13,15,19H,5-6,9,12,14H2,1H3. The molecule has 0 spiro atoms. The molecule has 7 nitrogen and oxygen atoms in total. The van der Waals surface area contributed by atoms with Gasteiger partial charge < -0.3 is 14.0 Å². The van der Waals surface area contributed by atoms with Gasteiger partial charge in [-0.1, -0.05) is 41.6 Å². The average Bonchev–Trinajstić information content (AvgIpc) is 3.42. The molecule has 1 fully saturated rings. The Kier molecular flexibility index (Phi) is 4.78. The quantitative estimate of drug-likeness (QED) is 0.513. The van der Waals surface area contributed by atoms with E-state index in [1.165, 1.54) is 0 Å². The number of carbonyl (C=O) groups excluding carboxylic acids is 1. The molecule has 0 radical (unpaired) electrons. The Morgan fingerprint density at radius 2 is 2.03 bits per heavy atom. The van der Waals surface area contributed by atoms with Crippen LogP contribution in [0.15, 0.2) is 59.4 Å². The van der Waals surface area contributed by atoms with Gasteiger partial charge in [-0.2, -0.15) is 4.98 Å². The average molecular weight is 401 g/mol. The van der Waals surface area contributed by atoms with Gasteiger partial charge in [0.05, 0.1) is 17.4 Å². The lowest BCUT2D eigenvalue weighted by Gasteiger charge is -2.33. The van der Waals surface area contributed by atoms with Crippen LogP contribution in [0.4, 0.5) is 0 Å². The van der Waals surface area contributed by atoms with Crippen molar-refractivity contribution in [1.29, 1.82) is 0 Å². The van der Waals surface area contributed by atoms with Crippen molar-refractivity contribution in [2.75, 3.05) is 6.54 Å². The van der Waals surface area contributed by atoms with Crippen LogP contribution in [0.25, 0.3) is 22.4 Å². The van der Waals surface area contributed by atoms with Crippen LogP contribution < -0.4 is 0 Å². The van der Waals surface area contributed by atoms with E-state index < -0.39 is 0 Å². The first-order chi connectivity index (χ1) is 14.7. The van der Waals surface area contributed by atoms with E-state index in [1.54, 1.807) is 6.33 Å². The molecule has 152 valence electrons. The highest BCUT2D eigenvalue weighted by Gasteiger charge is 2.32. The third-order valence-electron chi connectivity index (χ3n) is 5.66. The van der Waals surface area contributed by atoms with E-state index in [9.17, 15) is 4.79 Å². The molecule has 5 rings (SSSR count). The third-order valence-corrected chi connectivity index (χ3v) is 5.66. The zero-order valence-electron chi connectivity index (χ0n) is 16.9. The maximum Gasteiger partial charge on any atom is 0.249 e. The number of likely N-dealkylation sites (tertiary alicyclic amines) is 1. The van der Waals surface area contributed by atoms with Crippen LogP contribution in [0.2, 0.25) is 0 Å². The monoisotopic (exact) mass is 401 g/mol. The molecule has 30 heavy (non-hydrogen) atoms. The molecule has 0 saturated carbocycles. The molecular formula is C23H23N5O2. The summed E-state index contributed by atoms with van der Waals surface area (Å²) in [6.45, 7) is 2.98. The minimum absolute atomic E-state index is 0.0416. The van der Waals surface area contributed by atoms with Crippen LogP contribution in [0.5, 0.6) is 0 Å². The molecule has 0 aliphatic carbocycles. The predicted molar refractivity (Wildman–Crippen MR) is 113 cm³/mol. The van der Waals surface area contributed by atoms with Gasteiger partial charge in [-0.15, -0.1) is 0 Å². The molecule has 1 aliphatic rings. The molecule has 0 bridgehead atoms. The number of benzene rings is 2. The molecule has 0 N–H and O–H groups in total. The summed E-state index contributed by atoms with van der Waals surface area (Å²) < 4.78 is 7.50. The predicted octanol–water partition coefficient (Wildman–Crippen LogP) is 4.15. The van der Waals surface area contributed by atoms with E-state index in [1.807, 2.05) is 58.9 Å². The van der Waals surface area contributed by atoms with Crippen LogP contribution in [0.3, 0.4) is 0 Å². The lowest BCUT2D eigenvalue weighted by atomic mass is 10.0.